The van der Waals surface area contributed by atoms with E-state index in [9.17, 15) is 0 Å². The van der Waals surface area contributed by atoms with Gasteiger partial charge < -0.3 is 0 Å². The Morgan fingerprint density at radius 3 is 2.08 bits per heavy atom. The van der Waals surface area contributed by atoms with Crippen LogP contribution in [0.4, 0.5) is 0 Å². The Morgan fingerprint density at radius 1 is 1.17 bits per heavy atom. The van der Waals surface area contributed by atoms with Crippen molar-refractivity contribution in [2.45, 2.75) is 9.63 Å². The van der Waals surface area contributed by atoms with E-state index in [0.717, 1.165) is 26.4 Å². The van der Waals surface area contributed by atoms with Gasteiger partial charge in [0.15, 0.2) is 0 Å². The molecular weight excluding hydrogens is 223 g/mol. The van der Waals surface area contributed by atoms with Gasteiger partial charge in [-0.1, -0.05) is 0 Å². The van der Waals surface area contributed by atoms with Crippen LogP contribution in [0.5, 0.6) is 0 Å². The fourth-order valence-corrected chi connectivity index (χ4v) is 4.00. The molecule has 0 unspecified atom stereocenters. The molecule has 2 atom stereocenters. The Hall–Kier alpha value is 0.399. The summed E-state index contributed by atoms with van der Waals surface area (Å²) in [6, 6.07) is 0. The van der Waals surface area contributed by atoms with Crippen LogP contribution in [0.1, 0.15) is 0 Å². The quantitative estimate of drug-likeness (QED) is 0.672. The monoisotopic (exact) mass is 240 g/mol. The van der Waals surface area contributed by atoms with Gasteiger partial charge in [-0.2, -0.15) is 0 Å². The number of hydrogen-bond donors (Lipinski definition) is 0. The summed E-state index contributed by atoms with van der Waals surface area (Å²) in [5.74, 6) is 0. The number of methoxy groups -OCH3 is 2. The van der Waals surface area contributed by atoms with Crippen molar-refractivity contribution >= 4 is 15.0 Å². The van der Waals surface area contributed by atoms with Crippen molar-refractivity contribution in [2.75, 3.05) is 40.6 Å². The predicted octanol–water partition coefficient (Wildman–Crippen LogP) is 0.591. The fourth-order valence-electron chi connectivity index (χ4n) is 1.23. The molecule has 1 aliphatic rings. The first-order valence-corrected chi connectivity index (χ1v) is 6.05. The van der Waals surface area contributed by atoms with Crippen LogP contribution >= 0.6 is 0 Å². The van der Waals surface area contributed by atoms with E-state index in [0.29, 0.717) is 24.6 Å². The summed E-state index contributed by atoms with van der Waals surface area (Å²) in [6.07, 6.45) is 0. The first kappa shape index (κ1) is 10.5. The maximum atomic E-state index is 5.46. The molecule has 72 valence electrons. The molecular formula is C8H16O3Se. The van der Waals surface area contributed by atoms with Gasteiger partial charge in [0.1, 0.15) is 0 Å². The molecule has 1 rings (SSSR count). The van der Waals surface area contributed by atoms with Crippen LogP contribution in [0.3, 0.4) is 0 Å². The number of hydrogen-bond acceptors (Lipinski definition) is 3. The summed E-state index contributed by atoms with van der Waals surface area (Å²) in [4.78, 5) is 1.24. The van der Waals surface area contributed by atoms with Crippen molar-refractivity contribution in [2.24, 2.45) is 0 Å². The molecule has 12 heavy (non-hydrogen) atoms. The molecule has 1 fully saturated rings. The Balaban J connectivity index is 2.20. The van der Waals surface area contributed by atoms with Gasteiger partial charge in [0.25, 0.3) is 0 Å². The third-order valence-electron chi connectivity index (χ3n) is 1.70. The minimum atomic E-state index is 0.615. The molecule has 1 saturated heterocycles. The van der Waals surface area contributed by atoms with Crippen molar-refractivity contribution in [3.8, 4) is 0 Å². The van der Waals surface area contributed by atoms with Crippen LogP contribution in [-0.2, 0) is 14.2 Å². The van der Waals surface area contributed by atoms with Gasteiger partial charge in [-0.15, -0.1) is 0 Å². The van der Waals surface area contributed by atoms with Gasteiger partial charge in [0.05, 0.1) is 0 Å². The van der Waals surface area contributed by atoms with Gasteiger partial charge in [-0.3, -0.25) is 0 Å². The summed E-state index contributed by atoms with van der Waals surface area (Å²) < 4.78 is 15.7. The third kappa shape index (κ3) is 3.42. The SMILES string of the molecule is COC[C@@H]1COC[C@H](COC)[Se]1. The van der Waals surface area contributed by atoms with Crippen molar-refractivity contribution in [3.05, 3.63) is 0 Å². The normalized spacial score (nSPS) is 30.5. The van der Waals surface area contributed by atoms with E-state index in [4.69, 9.17) is 14.2 Å². The average Bonchev–Trinajstić information content (AvgIpc) is 2.06. The first-order valence-electron chi connectivity index (χ1n) is 4.08. The molecule has 0 aliphatic carbocycles. The summed E-state index contributed by atoms with van der Waals surface area (Å²) in [5.41, 5.74) is 0. The summed E-state index contributed by atoms with van der Waals surface area (Å²) in [7, 11) is 3.49. The Morgan fingerprint density at radius 2 is 1.67 bits per heavy atom. The molecule has 0 radical (unpaired) electrons. The summed E-state index contributed by atoms with van der Waals surface area (Å²) >= 11 is 0.615. The zero-order valence-electron chi connectivity index (χ0n) is 7.62. The standard InChI is InChI=1S/C8H16O3Se/c1-9-3-7-5-11-6-8(12-7)4-10-2/h7-8H,3-6H2,1-2H3/t7-,8+. The molecule has 0 aromatic heterocycles. The molecule has 0 bridgehead atoms. The molecule has 4 heteroatoms. The van der Waals surface area contributed by atoms with Crippen molar-refractivity contribution in [1.29, 1.82) is 0 Å². The molecule has 0 aromatic rings. The Bertz CT molecular complexity index is 105. The molecule has 0 spiro atoms. The van der Waals surface area contributed by atoms with E-state index < -0.39 is 0 Å². The maximum absolute atomic E-state index is 5.46. The van der Waals surface area contributed by atoms with Crippen LogP contribution in [0.25, 0.3) is 0 Å². The van der Waals surface area contributed by atoms with Crippen LogP contribution < -0.4 is 0 Å². The van der Waals surface area contributed by atoms with Crippen LogP contribution in [-0.4, -0.2) is 55.6 Å². The first-order chi connectivity index (χ1) is 5.86. The second-order valence-electron chi connectivity index (χ2n) is 2.83. The average molecular weight is 239 g/mol. The topological polar surface area (TPSA) is 27.7 Å². The van der Waals surface area contributed by atoms with E-state index >= 15 is 0 Å². The van der Waals surface area contributed by atoms with Crippen molar-refractivity contribution in [3.63, 3.8) is 0 Å². The Kier molecular flexibility index (Phi) is 5.19. The van der Waals surface area contributed by atoms with Crippen LogP contribution in [0, 0.1) is 0 Å². The predicted molar refractivity (Wildman–Crippen MR) is 47.8 cm³/mol. The third-order valence-corrected chi connectivity index (χ3v) is 4.45. The van der Waals surface area contributed by atoms with E-state index in [1.54, 1.807) is 14.2 Å². The molecule has 1 aliphatic heterocycles. The molecule has 3 nitrogen and oxygen atoms in total. The molecule has 0 aromatic carbocycles. The summed E-state index contributed by atoms with van der Waals surface area (Å²) in [6.45, 7) is 3.41. The summed E-state index contributed by atoms with van der Waals surface area (Å²) in [5, 5.41) is 0. The van der Waals surface area contributed by atoms with Crippen molar-refractivity contribution in [1.82, 2.24) is 0 Å². The van der Waals surface area contributed by atoms with E-state index in [-0.39, 0.29) is 0 Å². The van der Waals surface area contributed by atoms with E-state index in [1.807, 2.05) is 0 Å². The van der Waals surface area contributed by atoms with Gasteiger partial charge in [0, 0.05) is 0 Å². The minimum absolute atomic E-state index is 0.615. The number of rotatable bonds is 4. The Labute approximate surface area is 79.9 Å². The van der Waals surface area contributed by atoms with Gasteiger partial charge >= 0.3 is 79.4 Å². The van der Waals surface area contributed by atoms with Gasteiger partial charge in [0.2, 0.25) is 0 Å². The van der Waals surface area contributed by atoms with Crippen LogP contribution in [0.2, 0.25) is 9.63 Å². The second kappa shape index (κ2) is 5.95. The molecule has 0 N–H and O–H groups in total. The fraction of sp³-hybridized carbons (Fsp3) is 1.00. The van der Waals surface area contributed by atoms with Gasteiger partial charge in [-0.25, -0.2) is 0 Å². The molecule has 0 saturated carbocycles. The van der Waals surface area contributed by atoms with Crippen LogP contribution in [0.15, 0.2) is 0 Å². The molecule has 0 amide bonds. The van der Waals surface area contributed by atoms with Crippen molar-refractivity contribution < 1.29 is 14.2 Å². The second-order valence-corrected chi connectivity index (χ2v) is 6.20. The van der Waals surface area contributed by atoms with Gasteiger partial charge in [-0.05, 0) is 0 Å². The zero-order chi connectivity index (χ0) is 8.81. The molecule has 1 heterocycles. The zero-order valence-corrected chi connectivity index (χ0v) is 9.33. The van der Waals surface area contributed by atoms with E-state index in [1.165, 1.54) is 0 Å². The number of ether oxygens (including phenoxy) is 3. The van der Waals surface area contributed by atoms with E-state index in [2.05, 4.69) is 0 Å².